The number of pyridine rings is 2. The van der Waals surface area contributed by atoms with Crippen LogP contribution in [0.4, 0.5) is 0 Å². The molecule has 1 atom stereocenters. The molecule has 0 saturated carbocycles. The standard InChI is InChI=1S/C22H21N5O/c1-15(11-17-7-5-6-10-23-17)25-22(28)19-12-21(16-13-24-27(2)14-16)26-20-9-4-3-8-18(19)20/h3-10,12-15H,11H2,1-2H3,(H,25,28)/t15-/m0/s1. The molecule has 3 heterocycles. The zero-order valence-electron chi connectivity index (χ0n) is 15.8. The smallest absolute Gasteiger partial charge is 0.252 e. The summed E-state index contributed by atoms with van der Waals surface area (Å²) in [4.78, 5) is 22.1. The first kappa shape index (κ1) is 17.9. The van der Waals surface area contributed by atoms with Crippen LogP contribution in [0.15, 0.2) is 67.1 Å². The molecular weight excluding hydrogens is 350 g/mol. The lowest BCUT2D eigenvalue weighted by molar-refractivity contribution is 0.0941. The van der Waals surface area contributed by atoms with Gasteiger partial charge in [0.05, 0.1) is 23.0 Å². The first-order valence-electron chi connectivity index (χ1n) is 9.20. The molecule has 4 aromatic rings. The lowest BCUT2D eigenvalue weighted by Crippen LogP contribution is -2.34. The van der Waals surface area contributed by atoms with Crippen LogP contribution in [0.1, 0.15) is 23.0 Å². The summed E-state index contributed by atoms with van der Waals surface area (Å²) in [5, 5.41) is 8.14. The van der Waals surface area contributed by atoms with Crippen LogP contribution in [0.3, 0.4) is 0 Å². The summed E-state index contributed by atoms with van der Waals surface area (Å²) in [6, 6.07) is 15.3. The number of fused-ring (bicyclic) bond motifs is 1. The molecule has 0 bridgehead atoms. The van der Waals surface area contributed by atoms with Crippen molar-refractivity contribution in [3.8, 4) is 11.3 Å². The lowest BCUT2D eigenvalue weighted by atomic mass is 10.0. The van der Waals surface area contributed by atoms with Gasteiger partial charge in [0, 0.05) is 48.5 Å². The quantitative estimate of drug-likeness (QED) is 0.584. The van der Waals surface area contributed by atoms with Crippen molar-refractivity contribution in [1.29, 1.82) is 0 Å². The number of hydrogen-bond donors (Lipinski definition) is 1. The van der Waals surface area contributed by atoms with E-state index < -0.39 is 0 Å². The third-order valence-electron chi connectivity index (χ3n) is 4.58. The van der Waals surface area contributed by atoms with E-state index in [-0.39, 0.29) is 11.9 Å². The normalized spacial score (nSPS) is 12.1. The molecule has 0 spiro atoms. The number of aryl methyl sites for hydroxylation is 1. The first-order valence-corrected chi connectivity index (χ1v) is 9.20. The summed E-state index contributed by atoms with van der Waals surface area (Å²) in [6.07, 6.45) is 6.08. The number of para-hydroxylation sites is 1. The Bertz CT molecular complexity index is 1120. The van der Waals surface area contributed by atoms with E-state index in [4.69, 9.17) is 4.98 Å². The second-order valence-electron chi connectivity index (χ2n) is 6.87. The maximum Gasteiger partial charge on any atom is 0.252 e. The number of aromatic nitrogens is 4. The summed E-state index contributed by atoms with van der Waals surface area (Å²) < 4.78 is 1.72. The molecule has 0 fully saturated rings. The fraction of sp³-hybridized carbons (Fsp3) is 0.182. The van der Waals surface area contributed by atoms with E-state index in [1.165, 1.54) is 0 Å². The van der Waals surface area contributed by atoms with Gasteiger partial charge in [-0.1, -0.05) is 24.3 Å². The summed E-state index contributed by atoms with van der Waals surface area (Å²) in [5.74, 6) is -0.118. The van der Waals surface area contributed by atoms with Gasteiger partial charge in [-0.25, -0.2) is 4.98 Å². The van der Waals surface area contributed by atoms with Crippen molar-refractivity contribution in [3.05, 3.63) is 78.4 Å². The molecule has 1 aromatic carbocycles. The Labute approximate surface area is 163 Å². The highest BCUT2D eigenvalue weighted by molar-refractivity contribution is 6.07. The summed E-state index contributed by atoms with van der Waals surface area (Å²) >= 11 is 0. The molecule has 28 heavy (non-hydrogen) atoms. The predicted octanol–water partition coefficient (Wildman–Crippen LogP) is 3.39. The predicted molar refractivity (Wildman–Crippen MR) is 109 cm³/mol. The Morgan fingerprint density at radius 1 is 1.18 bits per heavy atom. The van der Waals surface area contributed by atoms with Gasteiger partial charge in [0.15, 0.2) is 0 Å². The van der Waals surface area contributed by atoms with Crippen LogP contribution in [0.25, 0.3) is 22.2 Å². The molecule has 140 valence electrons. The van der Waals surface area contributed by atoms with Gasteiger partial charge >= 0.3 is 0 Å². The lowest BCUT2D eigenvalue weighted by Gasteiger charge is -2.15. The van der Waals surface area contributed by atoms with Crippen LogP contribution < -0.4 is 5.32 Å². The highest BCUT2D eigenvalue weighted by Gasteiger charge is 2.16. The third-order valence-corrected chi connectivity index (χ3v) is 4.58. The van der Waals surface area contributed by atoms with E-state index in [1.807, 2.05) is 68.7 Å². The molecule has 3 aromatic heterocycles. The van der Waals surface area contributed by atoms with Crippen molar-refractivity contribution < 1.29 is 4.79 Å². The summed E-state index contributed by atoms with van der Waals surface area (Å²) in [5.41, 5.74) is 3.95. The van der Waals surface area contributed by atoms with Crippen LogP contribution in [-0.4, -0.2) is 31.7 Å². The number of carbonyl (C=O) groups excluding carboxylic acids is 1. The largest absolute Gasteiger partial charge is 0.349 e. The molecule has 4 rings (SSSR count). The first-order chi connectivity index (χ1) is 13.6. The molecule has 0 saturated heterocycles. The van der Waals surface area contributed by atoms with E-state index in [0.717, 1.165) is 27.9 Å². The van der Waals surface area contributed by atoms with Crippen molar-refractivity contribution in [2.45, 2.75) is 19.4 Å². The number of amides is 1. The Kier molecular flexibility index (Phi) is 4.85. The maximum absolute atomic E-state index is 13.1. The van der Waals surface area contributed by atoms with Crippen molar-refractivity contribution >= 4 is 16.8 Å². The average molecular weight is 371 g/mol. The maximum atomic E-state index is 13.1. The van der Waals surface area contributed by atoms with Gasteiger partial charge in [0.1, 0.15) is 0 Å². The molecule has 6 nitrogen and oxygen atoms in total. The van der Waals surface area contributed by atoms with Gasteiger partial charge in [0.25, 0.3) is 5.91 Å². The Morgan fingerprint density at radius 3 is 2.75 bits per heavy atom. The molecule has 0 aliphatic rings. The van der Waals surface area contributed by atoms with E-state index in [1.54, 1.807) is 17.1 Å². The van der Waals surface area contributed by atoms with Gasteiger partial charge in [-0.15, -0.1) is 0 Å². The number of nitrogens with zero attached hydrogens (tertiary/aromatic N) is 4. The molecule has 0 unspecified atom stereocenters. The molecule has 0 radical (unpaired) electrons. The number of nitrogens with one attached hydrogen (secondary N) is 1. The summed E-state index contributed by atoms with van der Waals surface area (Å²) in [7, 11) is 1.86. The Hall–Kier alpha value is -3.54. The topological polar surface area (TPSA) is 72.7 Å². The number of hydrogen-bond acceptors (Lipinski definition) is 4. The van der Waals surface area contributed by atoms with Crippen molar-refractivity contribution in [2.24, 2.45) is 7.05 Å². The van der Waals surface area contributed by atoms with Gasteiger partial charge in [-0.2, -0.15) is 5.10 Å². The summed E-state index contributed by atoms with van der Waals surface area (Å²) in [6.45, 7) is 1.98. The highest BCUT2D eigenvalue weighted by Crippen LogP contribution is 2.24. The minimum absolute atomic E-state index is 0.0452. The van der Waals surface area contributed by atoms with E-state index in [0.29, 0.717) is 12.0 Å². The molecule has 6 heteroatoms. The fourth-order valence-electron chi connectivity index (χ4n) is 3.25. The number of rotatable bonds is 5. The van der Waals surface area contributed by atoms with Crippen LogP contribution in [0.2, 0.25) is 0 Å². The van der Waals surface area contributed by atoms with E-state index in [2.05, 4.69) is 15.4 Å². The monoisotopic (exact) mass is 371 g/mol. The zero-order chi connectivity index (χ0) is 19.5. The van der Waals surface area contributed by atoms with Crippen LogP contribution in [0, 0.1) is 0 Å². The van der Waals surface area contributed by atoms with Crippen molar-refractivity contribution in [2.75, 3.05) is 0 Å². The Balaban J connectivity index is 1.65. The SMILES string of the molecule is C[C@@H](Cc1ccccn1)NC(=O)c1cc(-c2cnn(C)c2)nc2ccccc12. The molecule has 1 amide bonds. The minimum Gasteiger partial charge on any atom is -0.349 e. The molecular formula is C22H21N5O. The zero-order valence-corrected chi connectivity index (χ0v) is 15.8. The van der Waals surface area contributed by atoms with Crippen molar-refractivity contribution in [3.63, 3.8) is 0 Å². The van der Waals surface area contributed by atoms with Gasteiger partial charge in [0.2, 0.25) is 0 Å². The molecule has 1 N–H and O–H groups in total. The van der Waals surface area contributed by atoms with Gasteiger partial charge in [-0.3, -0.25) is 14.5 Å². The van der Waals surface area contributed by atoms with Gasteiger partial charge < -0.3 is 5.32 Å². The number of benzene rings is 1. The van der Waals surface area contributed by atoms with Crippen LogP contribution in [-0.2, 0) is 13.5 Å². The van der Waals surface area contributed by atoms with Crippen LogP contribution in [0.5, 0.6) is 0 Å². The van der Waals surface area contributed by atoms with E-state index in [9.17, 15) is 4.79 Å². The number of carbonyl (C=O) groups is 1. The second kappa shape index (κ2) is 7.60. The molecule has 0 aliphatic heterocycles. The van der Waals surface area contributed by atoms with Crippen LogP contribution >= 0.6 is 0 Å². The second-order valence-corrected chi connectivity index (χ2v) is 6.87. The third kappa shape index (κ3) is 3.76. The highest BCUT2D eigenvalue weighted by atomic mass is 16.1. The fourth-order valence-corrected chi connectivity index (χ4v) is 3.25. The average Bonchev–Trinajstić information content (AvgIpc) is 3.14. The Morgan fingerprint density at radius 2 is 2.00 bits per heavy atom. The minimum atomic E-state index is -0.118. The van der Waals surface area contributed by atoms with Gasteiger partial charge in [-0.05, 0) is 31.2 Å². The van der Waals surface area contributed by atoms with Crippen molar-refractivity contribution in [1.82, 2.24) is 25.1 Å². The molecule has 0 aliphatic carbocycles. The van der Waals surface area contributed by atoms with E-state index >= 15 is 0 Å².